The van der Waals surface area contributed by atoms with Gasteiger partial charge in [-0.05, 0) is 54.8 Å². The number of allylic oxidation sites excluding steroid dienone is 2. The van der Waals surface area contributed by atoms with Gasteiger partial charge in [0, 0.05) is 16.5 Å². The number of benzene rings is 2. The zero-order valence-electron chi connectivity index (χ0n) is 15.6. The van der Waals surface area contributed by atoms with Crippen molar-refractivity contribution in [2.24, 2.45) is 5.92 Å². The third-order valence-electron chi connectivity index (χ3n) is 4.82. The highest BCUT2D eigenvalue weighted by Gasteiger charge is 2.41. The molecule has 0 saturated carbocycles. The molecule has 0 amide bonds. The van der Waals surface area contributed by atoms with E-state index in [0.717, 1.165) is 5.56 Å². The molecular formula is C22H20ClFO4. The summed E-state index contributed by atoms with van der Waals surface area (Å²) in [4.78, 5) is 25.4. The number of methoxy groups -OCH3 is 1. The molecule has 0 saturated heterocycles. The van der Waals surface area contributed by atoms with E-state index in [9.17, 15) is 14.0 Å². The first-order valence-corrected chi connectivity index (χ1v) is 9.33. The summed E-state index contributed by atoms with van der Waals surface area (Å²) in [5, 5.41) is 0.180. The maximum atomic E-state index is 14.6. The number of halogens is 2. The summed E-state index contributed by atoms with van der Waals surface area (Å²) >= 11 is 6.26. The van der Waals surface area contributed by atoms with Gasteiger partial charge in [-0.3, -0.25) is 9.59 Å². The second-order valence-electron chi connectivity index (χ2n) is 6.48. The number of carbonyl (C=O) groups excluding carboxylic acids is 2. The fraction of sp³-hybridized carbons (Fsp3) is 0.273. The molecule has 0 aromatic heterocycles. The Hall–Kier alpha value is -2.66. The SMILES string of the molecule is CCOC(=O)[C@@H]1C(=O)C=C(c2cccc(OC)c2)C[C@H]1c1c(F)cccc1Cl. The van der Waals surface area contributed by atoms with Crippen molar-refractivity contribution in [3.63, 3.8) is 0 Å². The van der Waals surface area contributed by atoms with Crippen molar-refractivity contribution < 1.29 is 23.5 Å². The molecule has 146 valence electrons. The monoisotopic (exact) mass is 402 g/mol. The third kappa shape index (κ3) is 3.94. The highest BCUT2D eigenvalue weighted by Crippen LogP contribution is 2.43. The Bertz CT molecular complexity index is 918. The minimum atomic E-state index is -1.14. The Labute approximate surface area is 167 Å². The van der Waals surface area contributed by atoms with E-state index in [-0.39, 0.29) is 23.6 Å². The molecule has 1 aliphatic carbocycles. The molecule has 2 atom stereocenters. The van der Waals surface area contributed by atoms with E-state index in [0.29, 0.717) is 11.3 Å². The van der Waals surface area contributed by atoms with E-state index in [1.165, 1.54) is 18.2 Å². The fourth-order valence-corrected chi connectivity index (χ4v) is 3.85. The smallest absolute Gasteiger partial charge is 0.317 e. The molecule has 2 aromatic rings. The number of ketones is 1. The second-order valence-corrected chi connectivity index (χ2v) is 6.89. The molecule has 1 aliphatic rings. The lowest BCUT2D eigenvalue weighted by Gasteiger charge is -2.30. The van der Waals surface area contributed by atoms with Crippen molar-refractivity contribution in [2.75, 3.05) is 13.7 Å². The summed E-state index contributed by atoms with van der Waals surface area (Å²) in [6, 6.07) is 11.6. The van der Waals surface area contributed by atoms with Crippen LogP contribution in [0.15, 0.2) is 48.5 Å². The molecule has 0 N–H and O–H groups in total. The van der Waals surface area contributed by atoms with Crippen LogP contribution in [0.1, 0.15) is 30.4 Å². The summed E-state index contributed by atoms with van der Waals surface area (Å²) in [6.07, 6.45) is 1.70. The van der Waals surface area contributed by atoms with Crippen LogP contribution >= 0.6 is 11.6 Å². The van der Waals surface area contributed by atoms with Crippen LogP contribution in [0, 0.1) is 11.7 Å². The summed E-state index contributed by atoms with van der Waals surface area (Å²) in [5.41, 5.74) is 1.62. The average Bonchev–Trinajstić information content (AvgIpc) is 2.67. The summed E-state index contributed by atoms with van der Waals surface area (Å²) in [7, 11) is 1.55. The average molecular weight is 403 g/mol. The molecule has 0 fully saturated rings. The van der Waals surface area contributed by atoms with Crippen molar-refractivity contribution >= 4 is 28.9 Å². The largest absolute Gasteiger partial charge is 0.497 e. The highest BCUT2D eigenvalue weighted by atomic mass is 35.5. The minimum Gasteiger partial charge on any atom is -0.497 e. The number of hydrogen-bond donors (Lipinski definition) is 0. The zero-order chi connectivity index (χ0) is 20.3. The van der Waals surface area contributed by atoms with Gasteiger partial charge in [0.2, 0.25) is 0 Å². The van der Waals surface area contributed by atoms with Gasteiger partial charge < -0.3 is 9.47 Å². The molecule has 0 radical (unpaired) electrons. The van der Waals surface area contributed by atoms with Crippen LogP contribution in [0.2, 0.25) is 5.02 Å². The Kier molecular flexibility index (Phi) is 6.15. The van der Waals surface area contributed by atoms with Gasteiger partial charge in [0.1, 0.15) is 17.5 Å². The van der Waals surface area contributed by atoms with E-state index in [4.69, 9.17) is 21.1 Å². The molecule has 4 nitrogen and oxygen atoms in total. The van der Waals surface area contributed by atoms with Gasteiger partial charge in [-0.1, -0.05) is 29.8 Å². The van der Waals surface area contributed by atoms with Crippen molar-refractivity contribution in [1.82, 2.24) is 0 Å². The van der Waals surface area contributed by atoms with Gasteiger partial charge in [-0.2, -0.15) is 0 Å². The van der Waals surface area contributed by atoms with Crippen LogP contribution in [-0.2, 0) is 14.3 Å². The van der Waals surface area contributed by atoms with Gasteiger partial charge in [0.15, 0.2) is 5.78 Å². The molecule has 0 heterocycles. The predicted molar refractivity (Wildman–Crippen MR) is 105 cm³/mol. The number of rotatable bonds is 5. The standard InChI is InChI=1S/C22H20ClFO4/c1-3-28-22(26)21-16(20-17(23)8-5-9-18(20)24)11-14(12-19(21)25)13-6-4-7-15(10-13)27-2/h4-10,12,16,21H,3,11H2,1-2H3/t16-,21-/m0/s1. The molecule has 6 heteroatoms. The topological polar surface area (TPSA) is 52.6 Å². The van der Waals surface area contributed by atoms with Crippen LogP contribution in [-0.4, -0.2) is 25.5 Å². The lowest BCUT2D eigenvalue weighted by Crippen LogP contribution is -2.34. The zero-order valence-corrected chi connectivity index (χ0v) is 16.3. The van der Waals surface area contributed by atoms with E-state index >= 15 is 0 Å². The van der Waals surface area contributed by atoms with Gasteiger partial charge >= 0.3 is 5.97 Å². The van der Waals surface area contributed by atoms with Gasteiger partial charge in [0.05, 0.1) is 13.7 Å². The molecule has 3 rings (SSSR count). The molecule has 0 unspecified atom stereocenters. The Morgan fingerprint density at radius 1 is 1.25 bits per heavy atom. The van der Waals surface area contributed by atoms with Crippen molar-refractivity contribution in [2.45, 2.75) is 19.3 Å². The first kappa shape index (κ1) is 20.1. The summed E-state index contributed by atoms with van der Waals surface area (Å²) in [5.74, 6) is -2.90. The Balaban J connectivity index is 2.10. The maximum Gasteiger partial charge on any atom is 0.317 e. The molecule has 0 aliphatic heterocycles. The molecule has 0 bridgehead atoms. The van der Waals surface area contributed by atoms with Crippen molar-refractivity contribution in [3.8, 4) is 5.75 Å². The van der Waals surface area contributed by atoms with Gasteiger partial charge in [-0.25, -0.2) is 4.39 Å². The van der Waals surface area contributed by atoms with Gasteiger partial charge in [-0.15, -0.1) is 0 Å². The van der Waals surface area contributed by atoms with E-state index in [1.807, 2.05) is 12.1 Å². The molecule has 28 heavy (non-hydrogen) atoms. The van der Waals surface area contributed by atoms with Crippen molar-refractivity contribution in [3.05, 3.63) is 70.5 Å². The lowest BCUT2D eigenvalue weighted by atomic mass is 9.73. The van der Waals surface area contributed by atoms with E-state index in [1.54, 1.807) is 32.2 Å². The first-order valence-electron chi connectivity index (χ1n) is 8.95. The minimum absolute atomic E-state index is 0.132. The van der Waals surface area contributed by atoms with E-state index in [2.05, 4.69) is 0 Å². The number of carbonyl (C=O) groups is 2. The van der Waals surface area contributed by atoms with E-state index < -0.39 is 29.4 Å². The predicted octanol–water partition coefficient (Wildman–Crippen LogP) is 4.81. The number of ether oxygens (including phenoxy) is 2. The normalized spacial score (nSPS) is 19.1. The van der Waals surface area contributed by atoms with Crippen LogP contribution in [0.25, 0.3) is 5.57 Å². The Morgan fingerprint density at radius 3 is 2.68 bits per heavy atom. The second kappa shape index (κ2) is 8.57. The molecule has 2 aromatic carbocycles. The highest BCUT2D eigenvalue weighted by molar-refractivity contribution is 6.31. The summed E-state index contributed by atoms with van der Waals surface area (Å²) in [6.45, 7) is 1.79. The van der Waals surface area contributed by atoms with Crippen LogP contribution < -0.4 is 4.74 Å². The number of hydrogen-bond acceptors (Lipinski definition) is 4. The van der Waals surface area contributed by atoms with Crippen LogP contribution in [0.5, 0.6) is 5.75 Å². The van der Waals surface area contributed by atoms with Crippen LogP contribution in [0.3, 0.4) is 0 Å². The fourth-order valence-electron chi connectivity index (χ4n) is 3.54. The third-order valence-corrected chi connectivity index (χ3v) is 5.15. The summed E-state index contributed by atoms with van der Waals surface area (Å²) < 4.78 is 25.0. The first-order chi connectivity index (χ1) is 13.5. The Morgan fingerprint density at radius 2 is 2.00 bits per heavy atom. The van der Waals surface area contributed by atoms with Gasteiger partial charge in [0.25, 0.3) is 0 Å². The molecule has 0 spiro atoms. The lowest BCUT2D eigenvalue weighted by molar-refractivity contribution is -0.151. The molecular weight excluding hydrogens is 383 g/mol. The van der Waals surface area contributed by atoms with Crippen molar-refractivity contribution in [1.29, 1.82) is 0 Å². The maximum absolute atomic E-state index is 14.6. The van der Waals surface area contributed by atoms with Crippen LogP contribution in [0.4, 0.5) is 4.39 Å². The quantitative estimate of drug-likeness (QED) is 0.532. The number of esters is 1.